The number of ether oxygens (including phenoxy) is 2. The highest BCUT2D eigenvalue weighted by Crippen LogP contribution is 2.33. The van der Waals surface area contributed by atoms with Gasteiger partial charge in [-0.15, -0.1) is 0 Å². The van der Waals surface area contributed by atoms with E-state index in [-0.39, 0.29) is 27.5 Å². The van der Waals surface area contributed by atoms with Crippen molar-refractivity contribution < 1.29 is 22.7 Å². The zero-order valence-electron chi connectivity index (χ0n) is 17.1. The lowest BCUT2D eigenvalue weighted by Gasteiger charge is -2.29. The van der Waals surface area contributed by atoms with Gasteiger partial charge in [0.2, 0.25) is 0 Å². The fraction of sp³-hybridized carbons (Fsp3) is 0.400. The van der Waals surface area contributed by atoms with E-state index >= 15 is 0 Å². The van der Waals surface area contributed by atoms with E-state index < -0.39 is 21.1 Å². The van der Waals surface area contributed by atoms with Gasteiger partial charge in [-0.05, 0) is 32.0 Å². The average Bonchev–Trinajstić information content (AvgIpc) is 3.09. The van der Waals surface area contributed by atoms with E-state index in [0.717, 1.165) is 5.69 Å². The van der Waals surface area contributed by atoms with Crippen LogP contribution in [0.2, 0.25) is 0 Å². The van der Waals surface area contributed by atoms with Gasteiger partial charge in [0.25, 0.3) is 0 Å². The summed E-state index contributed by atoms with van der Waals surface area (Å²) in [4.78, 5) is 14.5. The molecule has 0 aliphatic carbocycles. The van der Waals surface area contributed by atoms with Crippen molar-refractivity contribution in [3.8, 4) is 11.8 Å². The number of carbonyl (C=O) groups is 1. The Hall–Kier alpha value is -3.03. The van der Waals surface area contributed by atoms with Crippen LogP contribution in [0.25, 0.3) is 5.69 Å². The lowest BCUT2D eigenvalue weighted by atomic mass is 10.2. The number of nitriles is 1. The number of aromatic nitrogens is 1. The van der Waals surface area contributed by atoms with Gasteiger partial charge in [0.1, 0.15) is 6.07 Å². The number of nitrogen functional groups attached to an aromatic ring is 1. The summed E-state index contributed by atoms with van der Waals surface area (Å²) in [5.74, 6) is -0.765. The normalized spacial score (nSPS) is 14.6. The molecule has 2 N–H and O–H groups in total. The third kappa shape index (κ3) is 3.74. The van der Waals surface area contributed by atoms with E-state index in [9.17, 15) is 18.5 Å². The Morgan fingerprint density at radius 1 is 1.30 bits per heavy atom. The number of esters is 1. The molecule has 10 heteroatoms. The van der Waals surface area contributed by atoms with Gasteiger partial charge >= 0.3 is 5.97 Å². The van der Waals surface area contributed by atoms with Crippen LogP contribution in [-0.2, 0) is 19.3 Å². The Kier molecular flexibility index (Phi) is 6.05. The van der Waals surface area contributed by atoms with E-state index in [0.29, 0.717) is 26.3 Å². The van der Waals surface area contributed by atoms with Crippen molar-refractivity contribution in [3.05, 3.63) is 35.7 Å². The largest absolute Gasteiger partial charge is 0.464 e. The summed E-state index contributed by atoms with van der Waals surface area (Å²) in [6.07, 6.45) is 1.36. The number of hydrogen-bond acceptors (Lipinski definition) is 8. The van der Waals surface area contributed by atoms with Crippen molar-refractivity contribution in [2.24, 2.45) is 0 Å². The minimum absolute atomic E-state index is 0.0409. The van der Waals surface area contributed by atoms with Crippen LogP contribution in [0.15, 0.2) is 29.3 Å². The van der Waals surface area contributed by atoms with Crippen molar-refractivity contribution in [3.63, 3.8) is 0 Å². The highest BCUT2D eigenvalue weighted by atomic mass is 32.2. The van der Waals surface area contributed by atoms with E-state index in [4.69, 9.17) is 15.2 Å². The summed E-state index contributed by atoms with van der Waals surface area (Å²) in [6.45, 7) is 5.59. The molecule has 2 heterocycles. The van der Waals surface area contributed by atoms with Crippen LogP contribution in [0.5, 0.6) is 0 Å². The Morgan fingerprint density at radius 3 is 2.53 bits per heavy atom. The van der Waals surface area contributed by atoms with Crippen molar-refractivity contribution in [1.29, 1.82) is 5.26 Å². The van der Waals surface area contributed by atoms with Gasteiger partial charge in [0.15, 0.2) is 15.5 Å². The van der Waals surface area contributed by atoms with Gasteiger partial charge in [-0.3, -0.25) is 0 Å². The SMILES string of the molecule is COC(=O)c1c(N)c(C#N)cn1-c1cc(N2CCOCC2)ccc1S(=O)(=O)C(C)C. The van der Waals surface area contributed by atoms with Crippen molar-refractivity contribution in [2.75, 3.05) is 44.0 Å². The second kappa shape index (κ2) is 8.38. The summed E-state index contributed by atoms with van der Waals surface area (Å²) in [5.41, 5.74) is 6.93. The van der Waals surface area contributed by atoms with Crippen LogP contribution in [-0.4, -0.2) is 57.6 Å². The number of sulfone groups is 1. The molecule has 1 fully saturated rings. The predicted molar refractivity (Wildman–Crippen MR) is 112 cm³/mol. The Labute approximate surface area is 175 Å². The topological polar surface area (TPSA) is 128 Å². The maximum absolute atomic E-state index is 13.1. The monoisotopic (exact) mass is 432 g/mol. The van der Waals surface area contributed by atoms with Crippen LogP contribution < -0.4 is 10.6 Å². The third-order valence-electron chi connectivity index (χ3n) is 5.05. The summed E-state index contributed by atoms with van der Waals surface area (Å²) < 4.78 is 37.7. The molecule has 9 nitrogen and oxygen atoms in total. The molecule has 0 atom stereocenters. The number of methoxy groups -OCH3 is 1. The van der Waals surface area contributed by atoms with Gasteiger partial charge in [-0.25, -0.2) is 13.2 Å². The molecule has 0 bridgehead atoms. The molecule has 0 unspecified atom stereocenters. The van der Waals surface area contributed by atoms with Gasteiger partial charge < -0.3 is 24.7 Å². The predicted octanol–water partition coefficient (Wildman–Crippen LogP) is 1.74. The molecule has 1 saturated heterocycles. The first-order valence-corrected chi connectivity index (χ1v) is 11.0. The molecular formula is C20H24N4O5S. The first-order chi connectivity index (χ1) is 14.2. The fourth-order valence-corrected chi connectivity index (χ4v) is 4.53. The highest BCUT2D eigenvalue weighted by Gasteiger charge is 2.29. The first kappa shape index (κ1) is 21.7. The van der Waals surface area contributed by atoms with E-state index in [1.807, 2.05) is 6.07 Å². The zero-order valence-corrected chi connectivity index (χ0v) is 17.9. The molecular weight excluding hydrogens is 408 g/mol. The average molecular weight is 433 g/mol. The van der Waals surface area contributed by atoms with Crippen molar-refractivity contribution in [2.45, 2.75) is 24.0 Å². The summed E-state index contributed by atoms with van der Waals surface area (Å²) in [7, 11) is -2.51. The molecule has 0 amide bonds. The van der Waals surface area contributed by atoms with Gasteiger partial charge in [0.05, 0.1) is 47.4 Å². The van der Waals surface area contributed by atoms with Crippen molar-refractivity contribution in [1.82, 2.24) is 4.57 Å². The second-order valence-electron chi connectivity index (χ2n) is 7.12. The molecule has 30 heavy (non-hydrogen) atoms. The second-order valence-corrected chi connectivity index (χ2v) is 9.60. The maximum Gasteiger partial charge on any atom is 0.357 e. The number of hydrogen-bond donors (Lipinski definition) is 1. The zero-order chi connectivity index (χ0) is 22.1. The quantitative estimate of drug-likeness (QED) is 0.708. The molecule has 1 aliphatic heterocycles. The van der Waals surface area contributed by atoms with E-state index in [1.165, 1.54) is 23.9 Å². The van der Waals surface area contributed by atoms with Crippen molar-refractivity contribution >= 4 is 27.2 Å². The fourth-order valence-electron chi connectivity index (χ4n) is 3.31. The smallest absolute Gasteiger partial charge is 0.357 e. The van der Waals surface area contributed by atoms with Gasteiger partial charge in [-0.2, -0.15) is 5.26 Å². The summed E-state index contributed by atoms with van der Waals surface area (Å²) >= 11 is 0. The van der Waals surface area contributed by atoms with E-state index in [1.54, 1.807) is 26.0 Å². The maximum atomic E-state index is 13.1. The van der Waals surface area contributed by atoms with Crippen LogP contribution in [0, 0.1) is 11.3 Å². The standard InChI is InChI=1S/C20H24N4O5S/c1-13(2)30(26,27)17-5-4-15(23-6-8-29-9-7-23)10-16(17)24-12-14(11-21)18(22)19(24)20(25)28-3/h4-5,10,12-13H,6-9,22H2,1-3H3. The molecule has 2 aromatic rings. The van der Waals surface area contributed by atoms with Crippen LogP contribution >= 0.6 is 0 Å². The molecule has 0 radical (unpaired) electrons. The third-order valence-corrected chi connectivity index (χ3v) is 7.25. The molecule has 0 spiro atoms. The van der Waals surface area contributed by atoms with Gasteiger partial charge in [-0.1, -0.05) is 0 Å². The molecule has 0 saturated carbocycles. The minimum atomic E-state index is -3.70. The van der Waals surface area contributed by atoms with E-state index in [2.05, 4.69) is 4.90 Å². The number of morpholine rings is 1. The van der Waals surface area contributed by atoms with Gasteiger partial charge in [0, 0.05) is 25.0 Å². The molecule has 1 aliphatic rings. The Bertz CT molecular complexity index is 1110. The Balaban J connectivity index is 2.31. The Morgan fingerprint density at radius 2 is 1.97 bits per heavy atom. The summed E-state index contributed by atoms with van der Waals surface area (Å²) in [6, 6.07) is 6.88. The van der Waals surface area contributed by atoms with Crippen LogP contribution in [0.1, 0.15) is 29.9 Å². The number of nitrogens with zero attached hydrogens (tertiary/aromatic N) is 3. The lowest BCUT2D eigenvalue weighted by Crippen LogP contribution is -2.36. The number of rotatable bonds is 5. The lowest BCUT2D eigenvalue weighted by molar-refractivity contribution is 0.0593. The first-order valence-electron chi connectivity index (χ1n) is 9.42. The highest BCUT2D eigenvalue weighted by molar-refractivity contribution is 7.92. The number of anilines is 2. The molecule has 1 aromatic heterocycles. The minimum Gasteiger partial charge on any atom is -0.464 e. The number of carbonyl (C=O) groups excluding carboxylic acids is 1. The van der Waals surface area contributed by atoms with Crippen LogP contribution in [0.4, 0.5) is 11.4 Å². The number of nitrogens with two attached hydrogens (primary N) is 1. The molecule has 1 aromatic carbocycles. The molecule has 160 valence electrons. The number of benzene rings is 1. The molecule has 3 rings (SSSR count). The van der Waals surface area contributed by atoms with Crippen LogP contribution in [0.3, 0.4) is 0 Å². The summed E-state index contributed by atoms with van der Waals surface area (Å²) in [5, 5.41) is 8.71.